The number of halogens is 1. The quantitative estimate of drug-likeness (QED) is 0.441. The summed E-state index contributed by atoms with van der Waals surface area (Å²) in [7, 11) is 0. The first-order chi connectivity index (χ1) is 10.7. The van der Waals surface area contributed by atoms with Crippen molar-refractivity contribution in [3.63, 3.8) is 0 Å². The van der Waals surface area contributed by atoms with E-state index in [9.17, 15) is 4.57 Å². The van der Waals surface area contributed by atoms with Gasteiger partial charge in [-0.05, 0) is 30.4 Å². The predicted octanol–water partition coefficient (Wildman–Crippen LogP) is 5.59. The first-order valence-electron chi connectivity index (χ1n) is 7.32. The van der Waals surface area contributed by atoms with Crippen LogP contribution < -0.4 is 0 Å². The van der Waals surface area contributed by atoms with Gasteiger partial charge in [-0.2, -0.15) is 0 Å². The van der Waals surface area contributed by atoms with E-state index < -0.39 is 6.95 Å². The van der Waals surface area contributed by atoms with Gasteiger partial charge in [-0.15, -0.1) is 0 Å². The molecule has 0 fully saturated rings. The minimum absolute atomic E-state index is 0.186. The van der Waals surface area contributed by atoms with Crippen molar-refractivity contribution < 1.29 is 13.6 Å². The van der Waals surface area contributed by atoms with Crippen molar-refractivity contribution in [3.8, 4) is 0 Å². The molecule has 0 N–H and O–H groups in total. The van der Waals surface area contributed by atoms with Crippen LogP contribution in [-0.2, 0) is 26.6 Å². The van der Waals surface area contributed by atoms with Crippen molar-refractivity contribution in [2.24, 2.45) is 0 Å². The van der Waals surface area contributed by atoms with Gasteiger partial charge in [0.25, 0.3) is 0 Å². The van der Waals surface area contributed by atoms with Crippen LogP contribution in [0.3, 0.4) is 0 Å². The van der Waals surface area contributed by atoms with Crippen LogP contribution in [0.2, 0.25) is 0 Å². The molecule has 0 radical (unpaired) electrons. The first-order valence-corrected chi connectivity index (χ1v) is 9.77. The zero-order chi connectivity index (χ0) is 15.7. The lowest BCUT2D eigenvalue weighted by Crippen LogP contribution is -1.95. The molecule has 0 spiro atoms. The second kappa shape index (κ2) is 9.12. The van der Waals surface area contributed by atoms with E-state index in [0.717, 1.165) is 24.8 Å². The first kappa shape index (κ1) is 17.2. The molecule has 0 saturated carbocycles. The number of benzene rings is 2. The fourth-order valence-corrected chi connectivity index (χ4v) is 3.09. The van der Waals surface area contributed by atoms with Crippen LogP contribution >= 0.6 is 18.2 Å². The molecule has 22 heavy (non-hydrogen) atoms. The SMILES string of the molecule is O=P(Cl)(OCCCCc1ccccc1)OCc1ccccc1. The molecule has 1 unspecified atom stereocenters. The van der Waals surface area contributed by atoms with Gasteiger partial charge in [0, 0.05) is 11.2 Å². The molecule has 118 valence electrons. The molecule has 3 nitrogen and oxygen atoms in total. The number of hydrogen-bond acceptors (Lipinski definition) is 3. The van der Waals surface area contributed by atoms with E-state index in [1.54, 1.807) is 0 Å². The van der Waals surface area contributed by atoms with E-state index in [-0.39, 0.29) is 6.61 Å². The molecule has 0 amide bonds. The molecular weight excluding hydrogens is 319 g/mol. The normalized spacial score (nSPS) is 13.7. The molecule has 5 heteroatoms. The molecule has 1 atom stereocenters. The van der Waals surface area contributed by atoms with Gasteiger partial charge >= 0.3 is 6.95 Å². The van der Waals surface area contributed by atoms with E-state index in [1.165, 1.54) is 5.56 Å². The molecule has 2 rings (SSSR count). The maximum atomic E-state index is 11.9. The lowest BCUT2D eigenvalue weighted by Gasteiger charge is -2.11. The topological polar surface area (TPSA) is 35.5 Å². The Balaban J connectivity index is 1.62. The van der Waals surface area contributed by atoms with Crippen molar-refractivity contribution in [2.75, 3.05) is 6.61 Å². The van der Waals surface area contributed by atoms with Crippen molar-refractivity contribution in [3.05, 3.63) is 71.8 Å². The molecule has 2 aromatic rings. The second-order valence-electron chi connectivity index (χ2n) is 4.97. The van der Waals surface area contributed by atoms with Crippen LogP contribution in [0.15, 0.2) is 60.7 Å². The molecule has 0 aliphatic rings. The minimum Gasteiger partial charge on any atom is -0.297 e. The highest BCUT2D eigenvalue weighted by atomic mass is 35.7. The summed E-state index contributed by atoms with van der Waals surface area (Å²) in [5, 5.41) is 0. The number of rotatable bonds is 9. The van der Waals surface area contributed by atoms with Gasteiger partial charge in [0.05, 0.1) is 13.2 Å². The third-order valence-corrected chi connectivity index (χ3v) is 4.69. The van der Waals surface area contributed by atoms with Crippen LogP contribution in [0.25, 0.3) is 0 Å². The Morgan fingerprint density at radius 1 is 0.818 bits per heavy atom. The predicted molar refractivity (Wildman–Crippen MR) is 90.0 cm³/mol. The van der Waals surface area contributed by atoms with Crippen LogP contribution in [0, 0.1) is 0 Å². The fraction of sp³-hybridized carbons (Fsp3) is 0.294. The summed E-state index contributed by atoms with van der Waals surface area (Å²) in [4.78, 5) is 0. The fourth-order valence-electron chi connectivity index (χ4n) is 2.01. The summed E-state index contributed by atoms with van der Waals surface area (Å²) >= 11 is 5.79. The van der Waals surface area contributed by atoms with Crippen molar-refractivity contribution in [1.29, 1.82) is 0 Å². The van der Waals surface area contributed by atoms with E-state index >= 15 is 0 Å². The monoisotopic (exact) mass is 338 g/mol. The van der Waals surface area contributed by atoms with Crippen LogP contribution in [0.4, 0.5) is 0 Å². The van der Waals surface area contributed by atoms with Gasteiger partial charge in [-0.1, -0.05) is 60.7 Å². The molecule has 0 aromatic heterocycles. The number of unbranched alkanes of at least 4 members (excludes halogenated alkanes) is 1. The standard InChI is InChI=1S/C17H20ClO3P/c18-22(19,21-15-17-12-5-2-6-13-17)20-14-8-7-11-16-9-3-1-4-10-16/h1-6,9-10,12-13H,7-8,11,14-15H2. The number of hydrogen-bond donors (Lipinski definition) is 0. The molecule has 2 aromatic carbocycles. The highest BCUT2D eigenvalue weighted by molar-refractivity contribution is 7.81. The van der Waals surface area contributed by atoms with E-state index in [4.69, 9.17) is 20.3 Å². The summed E-state index contributed by atoms with van der Waals surface area (Å²) in [5.41, 5.74) is 2.20. The van der Waals surface area contributed by atoms with Gasteiger partial charge in [-0.25, -0.2) is 4.57 Å². The zero-order valence-corrected chi connectivity index (χ0v) is 14.0. The lowest BCUT2D eigenvalue weighted by atomic mass is 10.1. The largest absolute Gasteiger partial charge is 0.424 e. The average Bonchev–Trinajstić information content (AvgIpc) is 2.55. The summed E-state index contributed by atoms with van der Waals surface area (Å²) in [6.07, 6.45) is 2.72. The van der Waals surface area contributed by atoms with Crippen molar-refractivity contribution in [2.45, 2.75) is 25.9 Å². The smallest absolute Gasteiger partial charge is 0.297 e. The minimum atomic E-state index is -3.50. The Morgan fingerprint density at radius 3 is 2.05 bits per heavy atom. The number of aryl methyl sites for hydroxylation is 1. The highest BCUT2D eigenvalue weighted by Crippen LogP contribution is 2.54. The third kappa shape index (κ3) is 6.76. The summed E-state index contributed by atoms with van der Waals surface area (Å²) in [6.45, 7) is -2.98. The van der Waals surface area contributed by atoms with Gasteiger partial charge in [0.2, 0.25) is 0 Å². The van der Waals surface area contributed by atoms with Crippen LogP contribution in [-0.4, -0.2) is 6.61 Å². The van der Waals surface area contributed by atoms with Gasteiger partial charge in [0.1, 0.15) is 0 Å². The maximum Gasteiger partial charge on any atom is 0.424 e. The molecule has 0 aliphatic carbocycles. The van der Waals surface area contributed by atoms with Crippen LogP contribution in [0.1, 0.15) is 24.0 Å². The third-order valence-electron chi connectivity index (χ3n) is 3.18. The molecule has 0 aliphatic heterocycles. The molecule has 0 bridgehead atoms. The summed E-state index contributed by atoms with van der Waals surface area (Å²) < 4.78 is 22.3. The molecular formula is C17H20ClO3P. The second-order valence-corrected chi connectivity index (χ2v) is 7.59. The average molecular weight is 339 g/mol. The summed E-state index contributed by atoms with van der Waals surface area (Å²) in [5.74, 6) is 0. The highest BCUT2D eigenvalue weighted by Gasteiger charge is 2.20. The lowest BCUT2D eigenvalue weighted by molar-refractivity contribution is 0.209. The van der Waals surface area contributed by atoms with Crippen molar-refractivity contribution in [1.82, 2.24) is 0 Å². The van der Waals surface area contributed by atoms with Gasteiger partial charge in [-0.3, -0.25) is 9.05 Å². The Hall–Kier alpha value is -1.12. The Bertz CT molecular complexity index is 589. The summed E-state index contributed by atoms with van der Waals surface area (Å²) in [6, 6.07) is 19.7. The zero-order valence-electron chi connectivity index (χ0n) is 12.4. The maximum absolute atomic E-state index is 11.9. The van der Waals surface area contributed by atoms with Crippen molar-refractivity contribution >= 4 is 18.2 Å². The molecule has 0 saturated heterocycles. The van der Waals surface area contributed by atoms with E-state index in [0.29, 0.717) is 6.61 Å². The van der Waals surface area contributed by atoms with E-state index in [1.807, 2.05) is 48.5 Å². The Morgan fingerprint density at radius 2 is 1.41 bits per heavy atom. The Kier molecular flexibility index (Phi) is 7.14. The molecule has 0 heterocycles. The van der Waals surface area contributed by atoms with Gasteiger partial charge in [0.15, 0.2) is 0 Å². The van der Waals surface area contributed by atoms with E-state index in [2.05, 4.69) is 12.1 Å². The van der Waals surface area contributed by atoms with Gasteiger partial charge < -0.3 is 0 Å². The Labute approximate surface area is 136 Å². The van der Waals surface area contributed by atoms with Crippen LogP contribution in [0.5, 0.6) is 0 Å².